The number of hydrogen-bond acceptors (Lipinski definition) is 3. The smallest absolute Gasteiger partial charge is 0.322 e. The molecule has 6 nitrogen and oxygen atoms in total. The number of hydrogen-bond donors (Lipinski definition) is 2. The molecule has 1 aromatic heterocycles. The van der Waals surface area contributed by atoms with Crippen LogP contribution >= 0.6 is 0 Å². The summed E-state index contributed by atoms with van der Waals surface area (Å²) in [6.07, 6.45) is 1.79. The molecule has 0 radical (unpaired) electrons. The number of nitrogens with zero attached hydrogens (tertiary/aromatic N) is 3. The first-order chi connectivity index (χ1) is 7.08. The van der Waals surface area contributed by atoms with Gasteiger partial charge in [0.25, 0.3) is 0 Å². The molecule has 0 bridgehead atoms. The fraction of sp³-hybridized carbons (Fsp3) is 0.556. The largest absolute Gasteiger partial charge is 0.328 e. The van der Waals surface area contributed by atoms with Gasteiger partial charge in [-0.15, -0.1) is 0 Å². The Morgan fingerprint density at radius 1 is 1.73 bits per heavy atom. The zero-order valence-corrected chi connectivity index (χ0v) is 9.32. The van der Waals surface area contributed by atoms with E-state index in [0.29, 0.717) is 18.9 Å². The van der Waals surface area contributed by atoms with Crippen LogP contribution in [0.4, 0.5) is 10.6 Å². The summed E-state index contributed by atoms with van der Waals surface area (Å²) in [7, 11) is 3.51. The van der Waals surface area contributed by atoms with Crippen LogP contribution in [-0.4, -0.2) is 34.3 Å². The van der Waals surface area contributed by atoms with Gasteiger partial charge in [-0.3, -0.25) is 10.00 Å². The maximum absolute atomic E-state index is 11.5. The average Bonchev–Trinajstić information content (AvgIpc) is 2.57. The maximum Gasteiger partial charge on any atom is 0.322 e. The lowest BCUT2D eigenvalue weighted by Crippen LogP contribution is -2.31. The predicted octanol–water partition coefficient (Wildman–Crippen LogP) is 0.362. The number of carbonyl (C=O) groups is 1. The highest BCUT2D eigenvalue weighted by Gasteiger charge is 2.11. The number of aromatic nitrogens is 2. The van der Waals surface area contributed by atoms with Gasteiger partial charge in [0.2, 0.25) is 0 Å². The normalized spacial score (nSPS) is 10.1. The molecule has 0 saturated heterocycles. The molecule has 0 spiro atoms. The quantitative estimate of drug-likeness (QED) is 0.758. The van der Waals surface area contributed by atoms with E-state index in [1.165, 1.54) is 0 Å². The first kappa shape index (κ1) is 11.5. The third-order valence-electron chi connectivity index (χ3n) is 2.17. The van der Waals surface area contributed by atoms with E-state index in [1.54, 1.807) is 29.9 Å². The van der Waals surface area contributed by atoms with Gasteiger partial charge in [-0.1, -0.05) is 0 Å². The molecule has 1 heterocycles. The Morgan fingerprint density at radius 2 is 2.40 bits per heavy atom. The minimum absolute atomic E-state index is 0.175. The van der Waals surface area contributed by atoms with Crippen LogP contribution in [0, 0.1) is 0 Å². The Labute approximate surface area is 89.0 Å². The summed E-state index contributed by atoms with van der Waals surface area (Å²) in [5.74, 6) is 0.533. The number of urea groups is 1. The summed E-state index contributed by atoms with van der Waals surface area (Å²) >= 11 is 0. The second-order valence-corrected chi connectivity index (χ2v) is 3.33. The van der Waals surface area contributed by atoms with Crippen molar-refractivity contribution in [2.24, 2.45) is 12.8 Å². The summed E-state index contributed by atoms with van der Waals surface area (Å²) in [4.78, 5) is 13.1. The number of amides is 2. The van der Waals surface area contributed by atoms with Crippen molar-refractivity contribution < 1.29 is 4.79 Å². The van der Waals surface area contributed by atoms with Crippen molar-refractivity contribution in [2.45, 2.75) is 13.5 Å². The number of rotatable bonds is 3. The van der Waals surface area contributed by atoms with Gasteiger partial charge in [0.15, 0.2) is 5.82 Å². The number of nitrogens with one attached hydrogen (secondary N) is 1. The Hall–Kier alpha value is -1.56. The standard InChI is InChI=1S/C9H17N5O/c1-4-13(2)9(15)11-8-7(5-10)6-14(3)12-8/h6H,4-5,10H2,1-3H3,(H,11,12,15). The van der Waals surface area contributed by atoms with E-state index in [9.17, 15) is 4.79 Å². The summed E-state index contributed by atoms with van der Waals surface area (Å²) in [6, 6.07) is -0.175. The lowest BCUT2D eigenvalue weighted by atomic mass is 10.3. The minimum atomic E-state index is -0.175. The Kier molecular flexibility index (Phi) is 3.68. The Balaban J connectivity index is 2.75. The van der Waals surface area contributed by atoms with Crippen molar-refractivity contribution in [1.29, 1.82) is 0 Å². The van der Waals surface area contributed by atoms with E-state index in [4.69, 9.17) is 5.73 Å². The van der Waals surface area contributed by atoms with Crippen molar-refractivity contribution in [3.63, 3.8) is 0 Å². The molecule has 0 saturated carbocycles. The fourth-order valence-electron chi connectivity index (χ4n) is 1.13. The molecule has 1 aromatic rings. The molecule has 0 aliphatic heterocycles. The van der Waals surface area contributed by atoms with E-state index in [1.807, 2.05) is 6.92 Å². The van der Waals surface area contributed by atoms with Crippen LogP contribution in [0.25, 0.3) is 0 Å². The van der Waals surface area contributed by atoms with Gasteiger partial charge >= 0.3 is 6.03 Å². The third kappa shape index (κ3) is 2.69. The molecule has 84 valence electrons. The average molecular weight is 211 g/mol. The summed E-state index contributed by atoms with van der Waals surface area (Å²) in [5.41, 5.74) is 6.36. The summed E-state index contributed by atoms with van der Waals surface area (Å²) in [6.45, 7) is 2.91. The zero-order chi connectivity index (χ0) is 11.4. The molecule has 0 aliphatic rings. The maximum atomic E-state index is 11.5. The monoisotopic (exact) mass is 211 g/mol. The number of nitrogens with two attached hydrogens (primary N) is 1. The molecule has 0 aromatic carbocycles. The highest BCUT2D eigenvalue weighted by Crippen LogP contribution is 2.11. The molecular formula is C9H17N5O. The molecule has 0 fully saturated rings. The molecule has 6 heteroatoms. The lowest BCUT2D eigenvalue weighted by Gasteiger charge is -2.14. The van der Waals surface area contributed by atoms with Crippen molar-refractivity contribution in [1.82, 2.24) is 14.7 Å². The first-order valence-electron chi connectivity index (χ1n) is 4.83. The zero-order valence-electron chi connectivity index (χ0n) is 9.32. The van der Waals surface area contributed by atoms with E-state index in [0.717, 1.165) is 5.56 Å². The second kappa shape index (κ2) is 4.79. The third-order valence-corrected chi connectivity index (χ3v) is 2.17. The van der Waals surface area contributed by atoms with Gasteiger partial charge in [0.05, 0.1) is 0 Å². The van der Waals surface area contributed by atoms with E-state index < -0.39 is 0 Å². The van der Waals surface area contributed by atoms with Gasteiger partial charge in [0, 0.05) is 38.9 Å². The molecule has 3 N–H and O–H groups in total. The number of aryl methyl sites for hydroxylation is 1. The lowest BCUT2D eigenvalue weighted by molar-refractivity contribution is 0.224. The van der Waals surface area contributed by atoms with Gasteiger partial charge in [-0.05, 0) is 6.92 Å². The van der Waals surface area contributed by atoms with Crippen LogP contribution < -0.4 is 11.1 Å². The topological polar surface area (TPSA) is 76.2 Å². The second-order valence-electron chi connectivity index (χ2n) is 3.33. The first-order valence-corrected chi connectivity index (χ1v) is 4.83. The van der Waals surface area contributed by atoms with Crippen molar-refractivity contribution in [2.75, 3.05) is 18.9 Å². The van der Waals surface area contributed by atoms with E-state index >= 15 is 0 Å². The minimum Gasteiger partial charge on any atom is -0.328 e. The summed E-state index contributed by atoms with van der Waals surface area (Å²) < 4.78 is 1.63. The van der Waals surface area contributed by atoms with Gasteiger partial charge in [-0.25, -0.2) is 4.79 Å². The van der Waals surface area contributed by atoms with Gasteiger partial charge in [-0.2, -0.15) is 5.10 Å². The Morgan fingerprint density at radius 3 is 2.93 bits per heavy atom. The van der Waals surface area contributed by atoms with E-state index in [-0.39, 0.29) is 6.03 Å². The SMILES string of the molecule is CCN(C)C(=O)Nc1nn(C)cc1CN. The van der Waals surface area contributed by atoms with Crippen LogP contribution in [0.5, 0.6) is 0 Å². The van der Waals surface area contributed by atoms with Crippen molar-refractivity contribution in [3.05, 3.63) is 11.8 Å². The number of carbonyl (C=O) groups excluding carboxylic acids is 1. The van der Waals surface area contributed by atoms with Crippen LogP contribution in [0.3, 0.4) is 0 Å². The molecule has 0 atom stereocenters. The molecule has 0 unspecified atom stereocenters. The van der Waals surface area contributed by atoms with Gasteiger partial charge in [0.1, 0.15) is 0 Å². The Bertz CT molecular complexity index is 346. The van der Waals surface area contributed by atoms with Gasteiger partial charge < -0.3 is 10.6 Å². The molecule has 0 aliphatic carbocycles. The van der Waals surface area contributed by atoms with Crippen LogP contribution in [-0.2, 0) is 13.6 Å². The van der Waals surface area contributed by atoms with Crippen LogP contribution in [0.15, 0.2) is 6.20 Å². The van der Waals surface area contributed by atoms with Crippen LogP contribution in [0.2, 0.25) is 0 Å². The molecule has 15 heavy (non-hydrogen) atoms. The fourth-order valence-corrected chi connectivity index (χ4v) is 1.13. The van der Waals surface area contributed by atoms with E-state index in [2.05, 4.69) is 10.4 Å². The highest BCUT2D eigenvalue weighted by molar-refractivity contribution is 5.88. The molecule has 2 amide bonds. The highest BCUT2D eigenvalue weighted by atomic mass is 16.2. The van der Waals surface area contributed by atoms with Crippen molar-refractivity contribution in [3.8, 4) is 0 Å². The number of anilines is 1. The predicted molar refractivity (Wildman–Crippen MR) is 58.4 cm³/mol. The van der Waals surface area contributed by atoms with Crippen LogP contribution in [0.1, 0.15) is 12.5 Å². The molecular weight excluding hydrogens is 194 g/mol. The summed E-state index contributed by atoms with van der Waals surface area (Å²) in [5, 5.41) is 6.82. The molecule has 1 rings (SSSR count). The van der Waals surface area contributed by atoms with Crippen molar-refractivity contribution >= 4 is 11.8 Å².